The molecule has 1 N–H and O–H groups in total. The molecule has 2 aromatic rings. The molecule has 2 aliphatic heterocycles. The summed E-state index contributed by atoms with van der Waals surface area (Å²) in [5.74, 6) is 1.65. The van der Waals surface area contributed by atoms with Gasteiger partial charge in [0.05, 0.1) is 10.2 Å². The van der Waals surface area contributed by atoms with E-state index in [1.165, 1.54) is 17.5 Å². The second kappa shape index (κ2) is 8.64. The number of fused-ring (bicyclic) bond motifs is 1. The van der Waals surface area contributed by atoms with E-state index >= 15 is 0 Å². The lowest BCUT2D eigenvalue weighted by Gasteiger charge is -2.41. The maximum absolute atomic E-state index is 12.8. The van der Waals surface area contributed by atoms with E-state index in [2.05, 4.69) is 36.5 Å². The third-order valence-corrected chi connectivity index (χ3v) is 6.98. The van der Waals surface area contributed by atoms with Gasteiger partial charge in [-0.2, -0.15) is 0 Å². The van der Waals surface area contributed by atoms with Gasteiger partial charge >= 0.3 is 6.03 Å². The Morgan fingerprint density at radius 3 is 2.75 bits per heavy atom. The van der Waals surface area contributed by atoms with Crippen molar-refractivity contribution in [1.29, 1.82) is 0 Å². The van der Waals surface area contributed by atoms with Crippen LogP contribution in [0.5, 0.6) is 0 Å². The van der Waals surface area contributed by atoms with Crippen LogP contribution < -0.4 is 10.2 Å². The summed E-state index contributed by atoms with van der Waals surface area (Å²) in [6, 6.07) is 2.74. The first-order valence-corrected chi connectivity index (χ1v) is 11.5. The summed E-state index contributed by atoms with van der Waals surface area (Å²) in [5, 5.41) is 5.21. The van der Waals surface area contributed by atoms with Gasteiger partial charge in [0.1, 0.15) is 12.1 Å². The first-order chi connectivity index (χ1) is 13.6. The molecule has 1 atom stereocenters. The molecule has 2 fully saturated rings. The number of carbonyl (C=O) groups is 1. The van der Waals surface area contributed by atoms with Gasteiger partial charge in [-0.25, -0.2) is 14.8 Å². The molecule has 7 heteroatoms. The Morgan fingerprint density at radius 1 is 1.14 bits per heavy atom. The minimum absolute atomic E-state index is 0.125. The summed E-state index contributed by atoms with van der Waals surface area (Å²) >= 11 is 1.72. The molecule has 2 saturated heterocycles. The second-order valence-corrected chi connectivity index (χ2v) is 9.29. The topological polar surface area (TPSA) is 61.4 Å². The number of likely N-dealkylation sites (tertiary alicyclic amines) is 1. The molecular formula is C21H31N5OS. The third-order valence-electron chi connectivity index (χ3n) is 6.08. The fraction of sp³-hybridized carbons (Fsp3) is 0.667. The van der Waals surface area contributed by atoms with E-state index in [0.29, 0.717) is 12.0 Å². The van der Waals surface area contributed by atoms with Gasteiger partial charge in [-0.3, -0.25) is 0 Å². The summed E-state index contributed by atoms with van der Waals surface area (Å²) in [4.78, 5) is 26.3. The highest BCUT2D eigenvalue weighted by Gasteiger charge is 2.34. The van der Waals surface area contributed by atoms with E-state index in [1.807, 2.05) is 13.8 Å². The average molecular weight is 402 g/mol. The van der Waals surface area contributed by atoms with Crippen molar-refractivity contribution in [3.63, 3.8) is 0 Å². The number of piperidine rings is 1. The number of anilines is 1. The van der Waals surface area contributed by atoms with Gasteiger partial charge in [0.15, 0.2) is 0 Å². The van der Waals surface area contributed by atoms with E-state index in [-0.39, 0.29) is 12.1 Å². The highest BCUT2D eigenvalue weighted by atomic mass is 32.1. The van der Waals surface area contributed by atoms with Gasteiger partial charge in [-0.15, -0.1) is 11.3 Å². The number of urea groups is 1. The van der Waals surface area contributed by atoms with Crippen LogP contribution in [0.25, 0.3) is 10.2 Å². The zero-order valence-electron chi connectivity index (χ0n) is 16.9. The molecular weight excluding hydrogens is 370 g/mol. The predicted molar refractivity (Wildman–Crippen MR) is 115 cm³/mol. The molecule has 4 rings (SSSR count). The lowest BCUT2D eigenvalue weighted by atomic mass is 9.86. The molecule has 0 aliphatic carbocycles. The molecule has 6 nitrogen and oxygen atoms in total. The van der Waals surface area contributed by atoms with E-state index in [0.717, 1.165) is 56.7 Å². The third kappa shape index (κ3) is 4.09. The molecule has 0 unspecified atom stereocenters. The van der Waals surface area contributed by atoms with E-state index in [9.17, 15) is 4.79 Å². The second-order valence-electron chi connectivity index (χ2n) is 8.37. The Bertz CT molecular complexity index is 799. The Kier molecular flexibility index (Phi) is 5.99. The number of nitrogens with zero attached hydrogens (tertiary/aromatic N) is 4. The van der Waals surface area contributed by atoms with Crippen molar-refractivity contribution in [3.8, 4) is 0 Å². The minimum Gasteiger partial charge on any atom is -0.355 e. The Labute approximate surface area is 171 Å². The molecule has 0 saturated carbocycles. The van der Waals surface area contributed by atoms with E-state index in [1.54, 1.807) is 17.7 Å². The first-order valence-electron chi connectivity index (χ1n) is 10.6. The molecule has 0 bridgehead atoms. The number of carbonyl (C=O) groups excluding carboxylic acids is 1. The van der Waals surface area contributed by atoms with Crippen molar-refractivity contribution in [1.82, 2.24) is 20.2 Å². The largest absolute Gasteiger partial charge is 0.355 e. The summed E-state index contributed by atoms with van der Waals surface area (Å²) in [7, 11) is 0. The Balaban J connectivity index is 1.45. The van der Waals surface area contributed by atoms with Crippen molar-refractivity contribution < 1.29 is 4.79 Å². The van der Waals surface area contributed by atoms with Crippen LogP contribution >= 0.6 is 11.3 Å². The smallest absolute Gasteiger partial charge is 0.317 e. The van der Waals surface area contributed by atoms with Gasteiger partial charge in [0.25, 0.3) is 0 Å². The van der Waals surface area contributed by atoms with Gasteiger partial charge in [-0.05, 0) is 56.9 Å². The highest BCUT2D eigenvalue weighted by molar-refractivity contribution is 7.17. The standard InChI is InChI=1S/C21H31N5OS/c1-15(2)24-21(27)26-10-5-3-4-6-18(26)16-7-11-25(12-8-16)20-19-17(9-13-28-19)22-14-23-20/h9,13-16,18H,3-8,10-12H2,1-2H3,(H,24,27)/t18-/m1/s1. The molecule has 152 valence electrons. The van der Waals surface area contributed by atoms with E-state index in [4.69, 9.17) is 0 Å². The summed E-state index contributed by atoms with van der Waals surface area (Å²) in [6.07, 6.45) is 8.65. The number of thiophene rings is 1. The summed E-state index contributed by atoms with van der Waals surface area (Å²) in [6.45, 7) is 6.98. The maximum atomic E-state index is 12.8. The fourth-order valence-corrected chi connectivity index (χ4v) is 5.57. The van der Waals surface area contributed by atoms with Crippen molar-refractivity contribution in [2.24, 2.45) is 5.92 Å². The number of hydrogen-bond donors (Lipinski definition) is 1. The minimum atomic E-state index is 0.125. The lowest BCUT2D eigenvalue weighted by molar-refractivity contribution is 0.135. The first kappa shape index (κ1) is 19.4. The summed E-state index contributed by atoms with van der Waals surface area (Å²) in [5.41, 5.74) is 1.04. The summed E-state index contributed by atoms with van der Waals surface area (Å²) < 4.78 is 1.19. The molecule has 2 aliphatic rings. The average Bonchev–Trinajstić information content (AvgIpc) is 3.04. The Morgan fingerprint density at radius 2 is 1.96 bits per heavy atom. The van der Waals surface area contributed by atoms with Crippen LogP contribution in [0.4, 0.5) is 10.6 Å². The quantitative estimate of drug-likeness (QED) is 0.834. The zero-order valence-corrected chi connectivity index (χ0v) is 17.7. The van der Waals surface area contributed by atoms with Crippen molar-refractivity contribution in [3.05, 3.63) is 17.8 Å². The van der Waals surface area contributed by atoms with Gasteiger partial charge in [-0.1, -0.05) is 12.8 Å². The molecule has 28 heavy (non-hydrogen) atoms. The lowest BCUT2D eigenvalue weighted by Crippen LogP contribution is -2.52. The molecule has 4 heterocycles. The molecule has 2 amide bonds. The highest BCUT2D eigenvalue weighted by Crippen LogP contribution is 2.34. The van der Waals surface area contributed by atoms with Gasteiger partial charge < -0.3 is 15.1 Å². The molecule has 2 aromatic heterocycles. The molecule has 0 spiro atoms. The fourth-order valence-electron chi connectivity index (χ4n) is 4.70. The van der Waals surface area contributed by atoms with Crippen molar-refractivity contribution in [2.75, 3.05) is 24.5 Å². The van der Waals surface area contributed by atoms with Crippen LogP contribution in [0.1, 0.15) is 52.4 Å². The predicted octanol–water partition coefficient (Wildman–Crippen LogP) is 4.27. The van der Waals surface area contributed by atoms with Crippen LogP contribution in [0.3, 0.4) is 0 Å². The molecule has 0 radical (unpaired) electrons. The Hall–Kier alpha value is -1.89. The number of aromatic nitrogens is 2. The van der Waals surface area contributed by atoms with Crippen molar-refractivity contribution >= 4 is 33.4 Å². The van der Waals surface area contributed by atoms with Crippen LogP contribution in [0.15, 0.2) is 17.8 Å². The normalized spacial score (nSPS) is 21.9. The van der Waals surface area contributed by atoms with Crippen LogP contribution in [0, 0.1) is 5.92 Å². The zero-order chi connectivity index (χ0) is 19.5. The van der Waals surface area contributed by atoms with Crippen LogP contribution in [-0.2, 0) is 0 Å². The number of nitrogens with one attached hydrogen (secondary N) is 1. The van der Waals surface area contributed by atoms with Crippen LogP contribution in [0.2, 0.25) is 0 Å². The number of hydrogen-bond acceptors (Lipinski definition) is 5. The van der Waals surface area contributed by atoms with Gasteiger partial charge in [0, 0.05) is 31.7 Å². The van der Waals surface area contributed by atoms with E-state index < -0.39 is 0 Å². The maximum Gasteiger partial charge on any atom is 0.317 e. The number of amides is 2. The SMILES string of the molecule is CC(C)NC(=O)N1CCCCC[C@@H]1C1CCN(c2ncnc3ccsc23)CC1. The number of rotatable bonds is 3. The monoisotopic (exact) mass is 401 g/mol. The van der Waals surface area contributed by atoms with Gasteiger partial charge in [0.2, 0.25) is 0 Å². The van der Waals surface area contributed by atoms with Crippen LogP contribution in [-0.4, -0.2) is 52.6 Å². The van der Waals surface area contributed by atoms with Crippen molar-refractivity contribution in [2.45, 2.75) is 64.5 Å². The molecule has 0 aromatic carbocycles.